The molecule has 4 rings (SSSR count). The fourth-order valence-electron chi connectivity index (χ4n) is 3.28. The summed E-state index contributed by atoms with van der Waals surface area (Å²) in [5.74, 6) is 0.363. The maximum atomic E-state index is 12.7. The van der Waals surface area contributed by atoms with E-state index >= 15 is 0 Å². The van der Waals surface area contributed by atoms with Crippen molar-refractivity contribution in [2.45, 2.75) is 25.3 Å². The highest BCUT2D eigenvalue weighted by atomic mass is 32.2. The van der Waals surface area contributed by atoms with Crippen molar-refractivity contribution in [2.24, 2.45) is 0 Å². The summed E-state index contributed by atoms with van der Waals surface area (Å²) < 4.78 is 38.0. The maximum Gasteiger partial charge on any atom is 0.339 e. The average Bonchev–Trinajstić information content (AvgIpc) is 3.35. The summed E-state index contributed by atoms with van der Waals surface area (Å²) in [6.07, 6.45) is 3.06. The molecule has 1 N–H and O–H groups in total. The van der Waals surface area contributed by atoms with Crippen LogP contribution in [0.1, 0.15) is 21.5 Å². The number of hydrogen-bond acceptors (Lipinski definition) is 7. The van der Waals surface area contributed by atoms with Gasteiger partial charge in [0.1, 0.15) is 35.7 Å². The molecule has 1 aromatic heterocycles. The number of hydrogen-bond donors (Lipinski definition) is 1. The van der Waals surface area contributed by atoms with Gasteiger partial charge in [-0.05, 0) is 67.4 Å². The van der Waals surface area contributed by atoms with Crippen LogP contribution in [-0.4, -0.2) is 35.7 Å². The quantitative estimate of drug-likeness (QED) is 0.352. The Bertz CT molecular complexity index is 1420. The van der Waals surface area contributed by atoms with Gasteiger partial charge in [0.2, 0.25) is 0 Å². The number of aromatic nitrogens is 3. The maximum absolute atomic E-state index is 12.7. The molecule has 3 aromatic carbocycles. The smallest absolute Gasteiger partial charge is 0.339 e. The third-order valence-electron chi connectivity index (χ3n) is 5.08. The lowest BCUT2D eigenvalue weighted by molar-refractivity contribution is 0.102. The van der Waals surface area contributed by atoms with Crippen LogP contribution >= 0.6 is 0 Å². The molecule has 0 radical (unpaired) electrons. The molecule has 10 heteroatoms. The van der Waals surface area contributed by atoms with E-state index in [1.165, 1.54) is 30.6 Å². The average molecular weight is 493 g/mol. The Kier molecular flexibility index (Phi) is 7.11. The molecule has 1 amide bonds. The van der Waals surface area contributed by atoms with Gasteiger partial charge in [-0.25, -0.2) is 9.67 Å². The number of nitrogens with one attached hydrogen (secondary N) is 1. The SMILES string of the molecule is Cc1ccc(C)c(S(=O)(=O)Oc2ccc(C(=O)Nc3cccc(OCCn4cncn4)c3)cc2)c1. The van der Waals surface area contributed by atoms with Crippen LogP contribution in [0.5, 0.6) is 11.5 Å². The van der Waals surface area contributed by atoms with Crippen LogP contribution in [0.25, 0.3) is 0 Å². The number of amides is 1. The van der Waals surface area contributed by atoms with Crippen molar-refractivity contribution in [1.29, 1.82) is 0 Å². The second kappa shape index (κ2) is 10.4. The van der Waals surface area contributed by atoms with Gasteiger partial charge in [-0.2, -0.15) is 13.5 Å². The molecule has 0 bridgehead atoms. The minimum absolute atomic E-state index is 0.114. The zero-order valence-electron chi connectivity index (χ0n) is 19.2. The first-order valence-electron chi connectivity index (χ1n) is 10.8. The molecule has 0 aliphatic heterocycles. The number of carbonyl (C=O) groups excluding carboxylic acids is 1. The molecule has 0 spiro atoms. The van der Waals surface area contributed by atoms with Gasteiger partial charge >= 0.3 is 10.1 Å². The summed E-state index contributed by atoms with van der Waals surface area (Å²) in [4.78, 5) is 16.7. The number of rotatable bonds is 9. The first-order chi connectivity index (χ1) is 16.8. The zero-order valence-corrected chi connectivity index (χ0v) is 20.0. The molecule has 0 fully saturated rings. The van der Waals surface area contributed by atoms with E-state index < -0.39 is 10.1 Å². The molecule has 4 aromatic rings. The van der Waals surface area contributed by atoms with Gasteiger partial charge in [-0.3, -0.25) is 4.79 Å². The third kappa shape index (κ3) is 6.24. The highest BCUT2D eigenvalue weighted by Gasteiger charge is 2.20. The second-order valence-electron chi connectivity index (χ2n) is 7.82. The Hall–Kier alpha value is -4.18. The normalized spacial score (nSPS) is 11.1. The van der Waals surface area contributed by atoms with Gasteiger partial charge in [-0.1, -0.05) is 18.2 Å². The van der Waals surface area contributed by atoms with Crippen molar-refractivity contribution in [2.75, 3.05) is 11.9 Å². The summed E-state index contributed by atoms with van der Waals surface area (Å²) >= 11 is 0. The van der Waals surface area contributed by atoms with Gasteiger partial charge < -0.3 is 14.2 Å². The number of benzene rings is 3. The van der Waals surface area contributed by atoms with Crippen LogP contribution in [0.3, 0.4) is 0 Å². The van der Waals surface area contributed by atoms with Crippen molar-refractivity contribution in [3.05, 3.63) is 96.1 Å². The number of carbonyl (C=O) groups is 1. The van der Waals surface area contributed by atoms with Crippen molar-refractivity contribution >= 4 is 21.7 Å². The molecule has 1 heterocycles. The second-order valence-corrected chi connectivity index (χ2v) is 9.33. The van der Waals surface area contributed by atoms with Crippen molar-refractivity contribution < 1.29 is 22.1 Å². The van der Waals surface area contributed by atoms with Crippen molar-refractivity contribution in [1.82, 2.24) is 14.8 Å². The molecule has 0 saturated heterocycles. The van der Waals surface area contributed by atoms with Crippen LogP contribution in [0.4, 0.5) is 5.69 Å². The van der Waals surface area contributed by atoms with E-state index in [9.17, 15) is 13.2 Å². The highest BCUT2D eigenvalue weighted by molar-refractivity contribution is 7.87. The summed E-state index contributed by atoms with van der Waals surface area (Å²) in [6, 6.07) is 18.1. The standard InChI is InChI=1S/C25H24N4O5S/c1-18-6-7-19(2)24(14-18)35(31,32)34-22-10-8-20(9-11-22)25(30)28-21-4-3-5-23(15-21)33-13-12-29-17-26-16-27-29/h3-11,14-17H,12-13H2,1-2H3,(H,28,30). The summed E-state index contributed by atoms with van der Waals surface area (Å²) in [7, 11) is -4.00. The first-order valence-corrected chi connectivity index (χ1v) is 12.2. The molecule has 0 unspecified atom stereocenters. The van der Waals surface area contributed by atoms with Gasteiger partial charge in [-0.15, -0.1) is 0 Å². The lowest BCUT2D eigenvalue weighted by Gasteiger charge is -2.11. The third-order valence-corrected chi connectivity index (χ3v) is 6.47. The first kappa shape index (κ1) is 24.0. The molecule has 180 valence electrons. The van der Waals surface area contributed by atoms with E-state index in [4.69, 9.17) is 8.92 Å². The monoisotopic (exact) mass is 492 g/mol. The Morgan fingerprint density at radius 1 is 1.00 bits per heavy atom. The summed E-state index contributed by atoms with van der Waals surface area (Å²) in [5, 5.41) is 6.82. The molecule has 35 heavy (non-hydrogen) atoms. The van der Waals surface area contributed by atoms with Gasteiger partial charge in [0, 0.05) is 17.3 Å². The van der Waals surface area contributed by atoms with Crippen LogP contribution in [-0.2, 0) is 16.7 Å². The molecular weight excluding hydrogens is 468 g/mol. The van der Waals surface area contributed by atoms with Crippen LogP contribution in [0.2, 0.25) is 0 Å². The number of ether oxygens (including phenoxy) is 1. The largest absolute Gasteiger partial charge is 0.492 e. The summed E-state index contributed by atoms with van der Waals surface area (Å²) in [5.41, 5.74) is 2.32. The van der Waals surface area contributed by atoms with Crippen LogP contribution < -0.4 is 14.2 Å². The lowest BCUT2D eigenvalue weighted by atomic mass is 10.2. The molecule has 0 atom stereocenters. The fourth-order valence-corrected chi connectivity index (χ4v) is 4.53. The molecular formula is C25H24N4O5S. The molecule has 0 aliphatic carbocycles. The topological polar surface area (TPSA) is 112 Å². The van der Waals surface area contributed by atoms with E-state index in [1.807, 2.05) is 13.0 Å². The Labute approximate surface area is 203 Å². The number of aryl methyl sites for hydroxylation is 2. The minimum atomic E-state index is -4.00. The highest BCUT2D eigenvalue weighted by Crippen LogP contribution is 2.23. The van der Waals surface area contributed by atoms with Gasteiger partial charge in [0.25, 0.3) is 5.91 Å². The van der Waals surface area contributed by atoms with E-state index in [2.05, 4.69) is 15.4 Å². The van der Waals surface area contributed by atoms with E-state index in [0.29, 0.717) is 35.7 Å². The van der Waals surface area contributed by atoms with Crippen LogP contribution in [0.15, 0.2) is 84.3 Å². The van der Waals surface area contributed by atoms with Crippen molar-refractivity contribution in [3.8, 4) is 11.5 Å². The summed E-state index contributed by atoms with van der Waals surface area (Å²) in [6.45, 7) is 4.46. The van der Waals surface area contributed by atoms with Gasteiger partial charge in [0.05, 0.1) is 6.54 Å². The Morgan fingerprint density at radius 3 is 2.54 bits per heavy atom. The van der Waals surface area contributed by atoms with Crippen molar-refractivity contribution in [3.63, 3.8) is 0 Å². The minimum Gasteiger partial charge on any atom is -0.492 e. The number of nitrogens with zero attached hydrogens (tertiary/aromatic N) is 3. The number of anilines is 1. The zero-order chi connectivity index (χ0) is 24.8. The molecule has 9 nitrogen and oxygen atoms in total. The molecule has 0 aliphatic rings. The Balaban J connectivity index is 1.37. The predicted molar refractivity (Wildman–Crippen MR) is 130 cm³/mol. The molecule has 0 saturated carbocycles. The Morgan fingerprint density at radius 2 is 1.80 bits per heavy atom. The van der Waals surface area contributed by atoms with E-state index in [1.54, 1.807) is 54.3 Å². The van der Waals surface area contributed by atoms with Crippen LogP contribution in [0, 0.1) is 13.8 Å². The predicted octanol–water partition coefficient (Wildman–Crippen LogP) is 3.99. The fraction of sp³-hybridized carbons (Fsp3) is 0.160. The van der Waals surface area contributed by atoms with Gasteiger partial charge in [0.15, 0.2) is 0 Å². The van der Waals surface area contributed by atoms with E-state index in [-0.39, 0.29) is 16.6 Å². The van der Waals surface area contributed by atoms with E-state index in [0.717, 1.165) is 5.56 Å². The lowest BCUT2D eigenvalue weighted by Crippen LogP contribution is -2.13.